The Balaban J connectivity index is 2.49. The Hall–Kier alpha value is -1.71. The standard InChI is InChI=1S/C22H25Cl4N3O4S/c1-4-19(22(31)27-5-2)28(12-14-6-8-15(23)9-7-14)21(30)13-29(34(3,32)33)20-11-17(25)16(24)10-18(20)26/h6-11,19H,4-5,12-13H2,1-3H3,(H,27,31). The molecule has 1 atom stereocenters. The van der Waals surface area contributed by atoms with E-state index in [1.807, 2.05) is 0 Å². The molecule has 2 rings (SSSR count). The zero-order valence-electron chi connectivity index (χ0n) is 18.8. The summed E-state index contributed by atoms with van der Waals surface area (Å²) in [6.45, 7) is 3.39. The van der Waals surface area contributed by atoms with Crippen molar-refractivity contribution >= 4 is 73.9 Å². The highest BCUT2D eigenvalue weighted by Gasteiger charge is 2.32. The van der Waals surface area contributed by atoms with Gasteiger partial charge in [0, 0.05) is 18.1 Å². The van der Waals surface area contributed by atoms with Crippen LogP contribution in [0.25, 0.3) is 0 Å². The lowest BCUT2D eigenvalue weighted by atomic mass is 10.1. The van der Waals surface area contributed by atoms with Gasteiger partial charge in [0.05, 0.1) is 27.0 Å². The van der Waals surface area contributed by atoms with Crippen LogP contribution in [0.1, 0.15) is 25.8 Å². The quantitative estimate of drug-likeness (QED) is 0.408. The first-order chi connectivity index (χ1) is 15.9. The maximum atomic E-state index is 13.5. The fraction of sp³-hybridized carbons (Fsp3) is 0.364. The molecule has 0 aliphatic carbocycles. The fourth-order valence-electron chi connectivity index (χ4n) is 3.30. The first-order valence-electron chi connectivity index (χ1n) is 10.3. The molecule has 0 saturated heterocycles. The summed E-state index contributed by atoms with van der Waals surface area (Å²) in [6.07, 6.45) is 1.27. The summed E-state index contributed by atoms with van der Waals surface area (Å²) >= 11 is 24.3. The first kappa shape index (κ1) is 28.5. The predicted molar refractivity (Wildman–Crippen MR) is 138 cm³/mol. The van der Waals surface area contributed by atoms with E-state index in [1.54, 1.807) is 38.1 Å². The number of halogens is 4. The van der Waals surface area contributed by atoms with E-state index >= 15 is 0 Å². The monoisotopic (exact) mass is 567 g/mol. The summed E-state index contributed by atoms with van der Waals surface area (Å²) < 4.78 is 26.1. The molecule has 2 aromatic carbocycles. The molecule has 2 amide bonds. The van der Waals surface area contributed by atoms with Crippen molar-refractivity contribution in [2.75, 3.05) is 23.7 Å². The summed E-state index contributed by atoms with van der Waals surface area (Å²) in [5.41, 5.74) is 0.725. The highest BCUT2D eigenvalue weighted by molar-refractivity contribution is 7.92. The van der Waals surface area contributed by atoms with Crippen molar-refractivity contribution in [2.45, 2.75) is 32.9 Å². The third kappa shape index (κ3) is 7.39. The van der Waals surface area contributed by atoms with E-state index in [0.29, 0.717) is 18.0 Å². The van der Waals surface area contributed by atoms with Gasteiger partial charge in [-0.05, 0) is 43.2 Å². The average molecular weight is 569 g/mol. The molecule has 12 heteroatoms. The van der Waals surface area contributed by atoms with Crippen LogP contribution in [0, 0.1) is 0 Å². The van der Waals surface area contributed by atoms with E-state index in [4.69, 9.17) is 46.4 Å². The number of carbonyl (C=O) groups excluding carboxylic acids is 2. The number of carbonyl (C=O) groups is 2. The number of sulfonamides is 1. The summed E-state index contributed by atoms with van der Waals surface area (Å²) in [5, 5.41) is 3.47. The minimum absolute atomic E-state index is 0.00409. The average Bonchev–Trinajstić information content (AvgIpc) is 2.75. The molecule has 0 bridgehead atoms. The third-order valence-corrected chi connectivity index (χ3v) is 7.34. The van der Waals surface area contributed by atoms with E-state index in [2.05, 4.69) is 5.32 Å². The van der Waals surface area contributed by atoms with E-state index in [0.717, 1.165) is 16.1 Å². The van der Waals surface area contributed by atoms with Gasteiger partial charge in [0.15, 0.2) is 0 Å². The highest BCUT2D eigenvalue weighted by Crippen LogP contribution is 2.35. The van der Waals surface area contributed by atoms with E-state index in [-0.39, 0.29) is 33.2 Å². The zero-order valence-corrected chi connectivity index (χ0v) is 22.7. The molecule has 0 aliphatic heterocycles. The molecule has 0 spiro atoms. The van der Waals surface area contributed by atoms with Crippen molar-refractivity contribution in [1.82, 2.24) is 10.2 Å². The van der Waals surface area contributed by atoms with Crippen molar-refractivity contribution in [3.63, 3.8) is 0 Å². The first-order valence-corrected chi connectivity index (χ1v) is 13.7. The maximum absolute atomic E-state index is 13.5. The molecule has 0 saturated carbocycles. The molecule has 34 heavy (non-hydrogen) atoms. The number of anilines is 1. The number of amides is 2. The Morgan fingerprint density at radius 1 is 0.971 bits per heavy atom. The third-order valence-electron chi connectivity index (χ3n) is 4.94. The van der Waals surface area contributed by atoms with Crippen molar-refractivity contribution in [2.24, 2.45) is 0 Å². The van der Waals surface area contributed by atoms with E-state index in [1.165, 1.54) is 17.0 Å². The smallest absolute Gasteiger partial charge is 0.244 e. The van der Waals surface area contributed by atoms with Crippen molar-refractivity contribution in [3.05, 3.63) is 62.1 Å². The van der Waals surface area contributed by atoms with Crippen LogP contribution in [0.15, 0.2) is 36.4 Å². The second kappa shape index (κ2) is 12.3. The van der Waals surface area contributed by atoms with E-state index in [9.17, 15) is 18.0 Å². The molecule has 0 aliphatic rings. The molecule has 0 radical (unpaired) electrons. The van der Waals surface area contributed by atoms with Gasteiger partial charge in [-0.1, -0.05) is 65.5 Å². The Morgan fingerprint density at radius 2 is 1.56 bits per heavy atom. The summed E-state index contributed by atoms with van der Waals surface area (Å²) in [7, 11) is -3.96. The SMILES string of the molecule is CCNC(=O)C(CC)N(Cc1ccc(Cl)cc1)C(=O)CN(c1cc(Cl)c(Cl)cc1Cl)S(C)(=O)=O. The lowest BCUT2D eigenvalue weighted by Gasteiger charge is -2.33. The molecule has 0 heterocycles. The van der Waals surface area contributed by atoms with Crippen LogP contribution < -0.4 is 9.62 Å². The molecule has 0 aromatic heterocycles. The topological polar surface area (TPSA) is 86.8 Å². The number of hydrogen-bond acceptors (Lipinski definition) is 4. The van der Waals surface area contributed by atoms with Gasteiger partial charge in [-0.2, -0.15) is 0 Å². The van der Waals surface area contributed by atoms with Crippen LogP contribution in [-0.2, 0) is 26.2 Å². The second-order valence-electron chi connectivity index (χ2n) is 7.45. The molecule has 7 nitrogen and oxygen atoms in total. The van der Waals surface area contributed by atoms with Crippen LogP contribution in [-0.4, -0.2) is 50.5 Å². The molecule has 186 valence electrons. The molecule has 1 unspecified atom stereocenters. The Kier molecular flexibility index (Phi) is 10.3. The maximum Gasteiger partial charge on any atom is 0.244 e. The Morgan fingerprint density at radius 3 is 2.09 bits per heavy atom. The highest BCUT2D eigenvalue weighted by atomic mass is 35.5. The lowest BCUT2D eigenvalue weighted by molar-refractivity contribution is -0.140. The minimum Gasteiger partial charge on any atom is -0.355 e. The van der Waals surface area contributed by atoms with Crippen LogP contribution in [0.2, 0.25) is 20.1 Å². The van der Waals surface area contributed by atoms with Gasteiger partial charge in [-0.15, -0.1) is 0 Å². The number of hydrogen-bond donors (Lipinski definition) is 1. The molecular formula is C22H25Cl4N3O4S. The number of nitrogens with zero attached hydrogens (tertiary/aromatic N) is 2. The van der Waals surface area contributed by atoms with Gasteiger partial charge in [0.2, 0.25) is 21.8 Å². The van der Waals surface area contributed by atoms with Gasteiger partial charge in [0.25, 0.3) is 0 Å². The predicted octanol–water partition coefficient (Wildman–Crippen LogP) is 5.01. The lowest BCUT2D eigenvalue weighted by Crippen LogP contribution is -2.52. The number of nitrogens with one attached hydrogen (secondary N) is 1. The van der Waals surface area contributed by atoms with Crippen molar-refractivity contribution in [1.29, 1.82) is 0 Å². The van der Waals surface area contributed by atoms with Gasteiger partial charge < -0.3 is 10.2 Å². The largest absolute Gasteiger partial charge is 0.355 e. The molecule has 2 aromatic rings. The van der Waals surface area contributed by atoms with Crippen molar-refractivity contribution in [3.8, 4) is 0 Å². The number of rotatable bonds is 10. The normalized spacial score (nSPS) is 12.2. The Labute approximate surface area is 220 Å². The van der Waals surface area contributed by atoms with E-state index < -0.39 is 28.5 Å². The van der Waals surface area contributed by atoms with Crippen molar-refractivity contribution < 1.29 is 18.0 Å². The van der Waals surface area contributed by atoms with Crippen LogP contribution in [0.3, 0.4) is 0 Å². The summed E-state index contributed by atoms with van der Waals surface area (Å²) in [6, 6.07) is 8.57. The summed E-state index contributed by atoms with van der Waals surface area (Å²) in [4.78, 5) is 27.6. The molecular weight excluding hydrogens is 544 g/mol. The molecule has 1 N–H and O–H groups in total. The van der Waals surface area contributed by atoms with Gasteiger partial charge in [-0.3, -0.25) is 13.9 Å². The summed E-state index contributed by atoms with van der Waals surface area (Å²) in [5.74, 6) is -0.939. The molecule has 0 fully saturated rings. The van der Waals surface area contributed by atoms with Gasteiger partial charge in [-0.25, -0.2) is 8.42 Å². The zero-order chi connectivity index (χ0) is 25.6. The van der Waals surface area contributed by atoms with Gasteiger partial charge >= 0.3 is 0 Å². The Bertz CT molecular complexity index is 1140. The minimum atomic E-state index is -3.96. The van der Waals surface area contributed by atoms with Crippen LogP contribution >= 0.6 is 46.4 Å². The fourth-order valence-corrected chi connectivity index (χ4v) is 4.97. The van der Waals surface area contributed by atoms with Crippen LogP contribution in [0.4, 0.5) is 5.69 Å². The van der Waals surface area contributed by atoms with Crippen LogP contribution in [0.5, 0.6) is 0 Å². The van der Waals surface area contributed by atoms with Gasteiger partial charge in [0.1, 0.15) is 12.6 Å². The second-order valence-corrected chi connectivity index (χ2v) is 11.0. The number of benzene rings is 2. The number of likely N-dealkylation sites (N-methyl/N-ethyl adjacent to an activating group) is 1.